The molecule has 0 aliphatic heterocycles. The Bertz CT molecular complexity index is 468. The lowest BCUT2D eigenvalue weighted by molar-refractivity contribution is -0.142. The molecule has 0 unspecified atom stereocenters. The van der Waals surface area contributed by atoms with E-state index in [2.05, 4.69) is 15.9 Å². The third-order valence-electron chi connectivity index (χ3n) is 2.23. The normalized spacial score (nSPS) is 9.76. The van der Waals surface area contributed by atoms with Crippen molar-refractivity contribution in [1.29, 1.82) is 5.26 Å². The summed E-state index contributed by atoms with van der Waals surface area (Å²) in [5.41, 5.74) is 1.96. The Balaban J connectivity index is 3.05. The van der Waals surface area contributed by atoms with Gasteiger partial charge in [0.15, 0.2) is 0 Å². The molecule has 17 heavy (non-hydrogen) atoms. The van der Waals surface area contributed by atoms with Crippen LogP contribution in [-0.2, 0) is 21.3 Å². The summed E-state index contributed by atoms with van der Waals surface area (Å²) in [6.45, 7) is 2.11. The van der Waals surface area contributed by atoms with Gasteiger partial charge in [-0.2, -0.15) is 5.26 Å². The largest absolute Gasteiger partial charge is 0.466 e. The van der Waals surface area contributed by atoms with Crippen molar-refractivity contribution in [2.24, 2.45) is 0 Å². The number of nitriles is 1. The smallest absolute Gasteiger partial charge is 0.310 e. The number of alkyl halides is 1. The molecule has 3 nitrogen and oxygen atoms in total. The van der Waals surface area contributed by atoms with Crippen LogP contribution in [0, 0.1) is 11.3 Å². The lowest BCUT2D eigenvalue weighted by atomic mass is 10.0. The fourth-order valence-electron chi connectivity index (χ4n) is 1.43. The van der Waals surface area contributed by atoms with Crippen LogP contribution in [0.4, 0.5) is 0 Å². The second-order valence-corrected chi connectivity index (χ2v) is 4.23. The van der Waals surface area contributed by atoms with Gasteiger partial charge in [-0.1, -0.05) is 33.6 Å². The molecular formula is C12H11BrClNO2. The van der Waals surface area contributed by atoms with Crippen LogP contribution in [0.2, 0.25) is 5.02 Å². The number of benzene rings is 1. The van der Waals surface area contributed by atoms with Gasteiger partial charge in [-0.25, -0.2) is 0 Å². The van der Waals surface area contributed by atoms with Crippen molar-refractivity contribution in [1.82, 2.24) is 0 Å². The molecule has 0 saturated carbocycles. The van der Waals surface area contributed by atoms with E-state index in [4.69, 9.17) is 21.6 Å². The van der Waals surface area contributed by atoms with Crippen molar-refractivity contribution < 1.29 is 9.53 Å². The molecule has 0 atom stereocenters. The van der Waals surface area contributed by atoms with Gasteiger partial charge in [0.2, 0.25) is 0 Å². The third-order valence-corrected chi connectivity index (χ3v) is 3.23. The summed E-state index contributed by atoms with van der Waals surface area (Å²) in [4.78, 5) is 11.4. The van der Waals surface area contributed by atoms with Crippen LogP contribution in [0.15, 0.2) is 12.1 Å². The topological polar surface area (TPSA) is 50.1 Å². The minimum absolute atomic E-state index is 0.167. The number of ether oxygens (including phenoxy) is 1. The Labute approximate surface area is 113 Å². The van der Waals surface area contributed by atoms with Gasteiger partial charge in [-0.3, -0.25) is 4.79 Å². The molecule has 0 amide bonds. The Morgan fingerprint density at radius 2 is 2.29 bits per heavy atom. The standard InChI is InChI=1S/C12H11BrClNO2/c1-2-17-11(16)5-8-3-4-9(7-15)12(14)10(8)6-13/h3-4H,2,5-6H2,1H3. The zero-order valence-corrected chi connectivity index (χ0v) is 11.6. The number of hydrogen-bond acceptors (Lipinski definition) is 3. The SMILES string of the molecule is CCOC(=O)Cc1ccc(C#N)c(Cl)c1CBr. The van der Waals surface area contributed by atoms with E-state index in [1.165, 1.54) is 0 Å². The van der Waals surface area contributed by atoms with E-state index >= 15 is 0 Å². The molecule has 0 spiro atoms. The van der Waals surface area contributed by atoms with Gasteiger partial charge in [0.25, 0.3) is 0 Å². The van der Waals surface area contributed by atoms with Gasteiger partial charge in [0.1, 0.15) is 6.07 Å². The zero-order valence-electron chi connectivity index (χ0n) is 9.30. The third kappa shape index (κ3) is 3.45. The molecular weight excluding hydrogens is 305 g/mol. The molecule has 90 valence electrons. The van der Waals surface area contributed by atoms with E-state index in [0.717, 1.165) is 11.1 Å². The van der Waals surface area contributed by atoms with Crippen LogP contribution in [-0.4, -0.2) is 12.6 Å². The lowest BCUT2D eigenvalue weighted by Gasteiger charge is -2.09. The Hall–Kier alpha value is -1.05. The van der Waals surface area contributed by atoms with E-state index in [1.807, 2.05) is 6.07 Å². The molecule has 0 N–H and O–H groups in total. The minimum Gasteiger partial charge on any atom is -0.466 e. The molecule has 0 saturated heterocycles. The first-order chi connectivity index (χ1) is 8.13. The summed E-state index contributed by atoms with van der Waals surface area (Å²) in [6, 6.07) is 5.35. The maximum Gasteiger partial charge on any atom is 0.310 e. The zero-order chi connectivity index (χ0) is 12.8. The van der Waals surface area contributed by atoms with Crippen molar-refractivity contribution in [3.8, 4) is 6.07 Å². The first-order valence-electron chi connectivity index (χ1n) is 5.06. The fourth-order valence-corrected chi connectivity index (χ4v) is 2.52. The van der Waals surface area contributed by atoms with E-state index in [1.54, 1.807) is 19.1 Å². The number of nitrogens with zero attached hydrogens (tertiary/aromatic N) is 1. The molecule has 0 fully saturated rings. The molecule has 5 heteroatoms. The monoisotopic (exact) mass is 315 g/mol. The molecule has 1 rings (SSSR count). The minimum atomic E-state index is -0.296. The molecule has 0 aliphatic rings. The van der Waals surface area contributed by atoms with Crippen molar-refractivity contribution in [3.63, 3.8) is 0 Å². The quantitative estimate of drug-likeness (QED) is 0.633. The van der Waals surface area contributed by atoms with Crippen LogP contribution in [0.25, 0.3) is 0 Å². The predicted octanol–water partition coefficient (Wildman–Crippen LogP) is 3.21. The highest BCUT2D eigenvalue weighted by Gasteiger charge is 2.13. The maximum absolute atomic E-state index is 11.4. The van der Waals surface area contributed by atoms with E-state index in [-0.39, 0.29) is 12.4 Å². The second kappa shape index (κ2) is 6.63. The Morgan fingerprint density at radius 3 is 2.82 bits per heavy atom. The molecule has 0 aliphatic carbocycles. The van der Waals surface area contributed by atoms with Gasteiger partial charge >= 0.3 is 5.97 Å². The molecule has 0 radical (unpaired) electrons. The number of esters is 1. The number of carbonyl (C=O) groups is 1. The van der Waals surface area contributed by atoms with E-state index in [0.29, 0.717) is 22.5 Å². The van der Waals surface area contributed by atoms with Gasteiger partial charge in [-0.15, -0.1) is 0 Å². The van der Waals surface area contributed by atoms with Gasteiger partial charge in [-0.05, 0) is 24.1 Å². The fraction of sp³-hybridized carbons (Fsp3) is 0.333. The lowest BCUT2D eigenvalue weighted by Crippen LogP contribution is -2.09. The van der Waals surface area contributed by atoms with Crippen LogP contribution < -0.4 is 0 Å². The van der Waals surface area contributed by atoms with Crippen molar-refractivity contribution in [3.05, 3.63) is 33.8 Å². The van der Waals surface area contributed by atoms with E-state index < -0.39 is 0 Å². The van der Waals surface area contributed by atoms with Crippen LogP contribution in [0.5, 0.6) is 0 Å². The summed E-state index contributed by atoms with van der Waals surface area (Å²) >= 11 is 9.38. The summed E-state index contributed by atoms with van der Waals surface area (Å²) in [7, 11) is 0. The molecule has 1 aromatic rings. The number of rotatable bonds is 4. The van der Waals surface area contributed by atoms with Gasteiger partial charge in [0.05, 0.1) is 23.6 Å². The van der Waals surface area contributed by atoms with Crippen LogP contribution in [0.3, 0.4) is 0 Å². The highest BCUT2D eigenvalue weighted by atomic mass is 79.9. The molecule has 1 aromatic carbocycles. The average Bonchev–Trinajstić information content (AvgIpc) is 2.30. The summed E-state index contributed by atoms with van der Waals surface area (Å²) < 4.78 is 4.88. The van der Waals surface area contributed by atoms with Crippen molar-refractivity contribution in [2.75, 3.05) is 6.61 Å². The first-order valence-corrected chi connectivity index (χ1v) is 6.55. The summed E-state index contributed by atoms with van der Waals surface area (Å²) in [6.07, 6.45) is 0.167. The number of halogens is 2. The van der Waals surface area contributed by atoms with Crippen molar-refractivity contribution in [2.45, 2.75) is 18.7 Å². The molecule has 0 aromatic heterocycles. The van der Waals surface area contributed by atoms with Gasteiger partial charge < -0.3 is 4.74 Å². The predicted molar refractivity (Wildman–Crippen MR) is 69.1 cm³/mol. The maximum atomic E-state index is 11.4. The van der Waals surface area contributed by atoms with E-state index in [9.17, 15) is 4.79 Å². The summed E-state index contributed by atoms with van der Waals surface area (Å²) in [5, 5.41) is 9.74. The Kier molecular flexibility index (Phi) is 5.46. The highest BCUT2D eigenvalue weighted by Crippen LogP contribution is 2.27. The van der Waals surface area contributed by atoms with Crippen LogP contribution >= 0.6 is 27.5 Å². The number of carbonyl (C=O) groups excluding carboxylic acids is 1. The molecule has 0 bridgehead atoms. The summed E-state index contributed by atoms with van der Waals surface area (Å²) in [5.74, 6) is -0.296. The van der Waals surface area contributed by atoms with Crippen LogP contribution in [0.1, 0.15) is 23.6 Å². The highest BCUT2D eigenvalue weighted by molar-refractivity contribution is 9.08. The Morgan fingerprint density at radius 1 is 1.59 bits per heavy atom. The van der Waals surface area contributed by atoms with Crippen molar-refractivity contribution >= 4 is 33.5 Å². The first kappa shape index (κ1) is 14.0. The van der Waals surface area contributed by atoms with Gasteiger partial charge in [0, 0.05) is 5.33 Å². The molecule has 0 heterocycles. The average molecular weight is 317 g/mol. The number of hydrogen-bond donors (Lipinski definition) is 0. The second-order valence-electron chi connectivity index (χ2n) is 3.29.